The van der Waals surface area contributed by atoms with Crippen LogP contribution in [0.25, 0.3) is 0 Å². The maximum absolute atomic E-state index is 14.3. The van der Waals surface area contributed by atoms with Gasteiger partial charge in [-0.3, -0.25) is 16.0 Å². The van der Waals surface area contributed by atoms with Crippen molar-refractivity contribution in [2.75, 3.05) is 0 Å². The first-order chi connectivity index (χ1) is 13.5. The van der Waals surface area contributed by atoms with Crippen LogP contribution < -0.4 is 10.8 Å². The molecule has 3 rings (SSSR count). The number of hydrogen-bond donors (Lipinski definition) is 3. The Labute approximate surface area is 165 Å². The summed E-state index contributed by atoms with van der Waals surface area (Å²) in [5.41, 5.74) is 1.57. The summed E-state index contributed by atoms with van der Waals surface area (Å²) in [4.78, 5) is 8.51. The highest BCUT2D eigenvalue weighted by molar-refractivity contribution is 5.96. The molecule has 1 fully saturated rings. The second-order valence-corrected chi connectivity index (χ2v) is 7.79. The molecule has 0 spiro atoms. The normalized spacial score (nSPS) is 21.1. The molecular weight excluding hydrogens is 359 g/mol. The molecule has 8 heteroatoms. The zero-order valence-corrected chi connectivity index (χ0v) is 16.4. The first-order valence-corrected chi connectivity index (χ1v) is 9.79. The van der Waals surface area contributed by atoms with Crippen molar-refractivity contribution >= 4 is 18.5 Å². The van der Waals surface area contributed by atoms with Gasteiger partial charge in [-0.25, -0.2) is 19.4 Å². The van der Waals surface area contributed by atoms with Crippen molar-refractivity contribution in [2.24, 2.45) is 21.0 Å². The number of nitrogens with zero attached hydrogens (tertiary/aromatic N) is 4. The van der Waals surface area contributed by atoms with Crippen molar-refractivity contribution in [1.29, 1.82) is 0 Å². The van der Waals surface area contributed by atoms with E-state index in [9.17, 15) is 4.39 Å². The minimum absolute atomic E-state index is 0.132. The van der Waals surface area contributed by atoms with Gasteiger partial charge in [0, 0.05) is 6.04 Å². The molecular formula is C20H29FN6O. The predicted octanol–water partition coefficient (Wildman–Crippen LogP) is 3.07. The van der Waals surface area contributed by atoms with E-state index in [0.717, 1.165) is 25.6 Å². The molecule has 28 heavy (non-hydrogen) atoms. The largest absolute Gasteiger partial charge is 0.290 e. The summed E-state index contributed by atoms with van der Waals surface area (Å²) in [6.07, 6.45) is 7.48. The lowest BCUT2D eigenvalue weighted by Crippen LogP contribution is -2.50. The average Bonchev–Trinajstić information content (AvgIpc) is 3.51. The second-order valence-electron chi connectivity index (χ2n) is 7.79. The van der Waals surface area contributed by atoms with Crippen molar-refractivity contribution in [1.82, 2.24) is 15.8 Å². The molecule has 1 aliphatic heterocycles. The molecule has 152 valence electrons. The Hall–Kier alpha value is -2.32. The van der Waals surface area contributed by atoms with Crippen LogP contribution in [-0.2, 0) is 6.42 Å². The average molecular weight is 388 g/mol. The van der Waals surface area contributed by atoms with Crippen LogP contribution in [0.15, 0.2) is 45.4 Å². The summed E-state index contributed by atoms with van der Waals surface area (Å²) in [5.74, 6) is 0.737. The lowest BCUT2D eigenvalue weighted by molar-refractivity contribution is 0.218. The predicted molar refractivity (Wildman–Crippen MR) is 109 cm³/mol. The van der Waals surface area contributed by atoms with Crippen LogP contribution in [0.4, 0.5) is 4.39 Å². The van der Waals surface area contributed by atoms with E-state index in [1.165, 1.54) is 43.6 Å². The Morgan fingerprint density at radius 1 is 1.36 bits per heavy atom. The van der Waals surface area contributed by atoms with Crippen LogP contribution in [0.2, 0.25) is 0 Å². The Morgan fingerprint density at radius 2 is 2.11 bits per heavy atom. The summed E-state index contributed by atoms with van der Waals surface area (Å²) in [5, 5.41) is 17.8. The monoisotopic (exact) mass is 388 g/mol. The van der Waals surface area contributed by atoms with Gasteiger partial charge in [-0.05, 0) is 57.4 Å². The molecule has 1 aromatic carbocycles. The lowest BCUT2D eigenvalue weighted by Gasteiger charge is -2.31. The smallest absolute Gasteiger partial charge is 0.199 e. The summed E-state index contributed by atoms with van der Waals surface area (Å²) >= 11 is 0. The van der Waals surface area contributed by atoms with Gasteiger partial charge in [0.05, 0.1) is 0 Å². The number of halogens is 1. The van der Waals surface area contributed by atoms with Crippen molar-refractivity contribution in [2.45, 2.75) is 64.0 Å². The van der Waals surface area contributed by atoms with Gasteiger partial charge in [0.2, 0.25) is 0 Å². The van der Waals surface area contributed by atoms with Crippen LogP contribution in [-0.4, -0.2) is 46.7 Å². The Balaban J connectivity index is 1.65. The molecule has 1 heterocycles. The van der Waals surface area contributed by atoms with E-state index in [1.54, 1.807) is 0 Å². The fourth-order valence-corrected chi connectivity index (χ4v) is 3.31. The second kappa shape index (κ2) is 9.25. The number of aliphatic imine (C=N–C) groups is 2. The van der Waals surface area contributed by atoms with Crippen LogP contribution in [0.1, 0.15) is 45.1 Å². The zero-order valence-electron chi connectivity index (χ0n) is 16.4. The maximum atomic E-state index is 14.3. The van der Waals surface area contributed by atoms with Crippen molar-refractivity contribution in [3.8, 4) is 0 Å². The van der Waals surface area contributed by atoms with E-state index in [2.05, 4.69) is 44.7 Å². The molecule has 1 saturated carbocycles. The number of hydrogen-bond acceptors (Lipinski definition) is 6. The van der Waals surface area contributed by atoms with Crippen LogP contribution in [0, 0.1) is 5.92 Å². The van der Waals surface area contributed by atoms with Gasteiger partial charge in [-0.1, -0.05) is 30.3 Å². The SMILES string of the molecule is CC(C)(F)C1=NC(NC(CCCc2ccccc2)C2CC2)N(N=CNO)C=N1. The molecule has 0 amide bonds. The number of benzene rings is 1. The van der Waals surface area contributed by atoms with E-state index >= 15 is 0 Å². The number of hydroxylamine groups is 1. The van der Waals surface area contributed by atoms with Gasteiger partial charge < -0.3 is 0 Å². The van der Waals surface area contributed by atoms with E-state index in [1.807, 2.05) is 11.5 Å². The molecule has 0 saturated heterocycles. The number of alkyl halides is 1. The maximum Gasteiger partial charge on any atom is 0.199 e. The molecule has 3 N–H and O–H groups in total. The molecule has 2 atom stereocenters. The summed E-state index contributed by atoms with van der Waals surface area (Å²) in [7, 11) is 0. The molecule has 2 aliphatic rings. The first-order valence-electron chi connectivity index (χ1n) is 9.79. The Kier molecular flexibility index (Phi) is 6.74. The third kappa shape index (κ3) is 5.84. The minimum Gasteiger partial charge on any atom is -0.290 e. The zero-order chi connectivity index (χ0) is 20.0. The Bertz CT molecular complexity index is 711. The van der Waals surface area contributed by atoms with Gasteiger partial charge in [0.1, 0.15) is 12.7 Å². The van der Waals surface area contributed by atoms with E-state index in [4.69, 9.17) is 5.21 Å². The van der Waals surface area contributed by atoms with Gasteiger partial charge in [-0.15, -0.1) is 0 Å². The van der Waals surface area contributed by atoms with Gasteiger partial charge in [0.25, 0.3) is 0 Å². The highest BCUT2D eigenvalue weighted by atomic mass is 19.1. The Morgan fingerprint density at radius 3 is 2.75 bits per heavy atom. The standard InChI is InChI=1S/C20H29FN6O/c1-20(2,21)18-22-14-27(23-13-24-28)19(26-18)25-17(16-11-12-16)10-6-9-15-7-4-3-5-8-15/h3-5,7-8,13-14,16-17,19,25,28H,6,9-12H2,1-2H3,(H,23,24). The molecule has 1 aliphatic carbocycles. The molecule has 0 aromatic heterocycles. The van der Waals surface area contributed by atoms with Crippen molar-refractivity contribution in [3.05, 3.63) is 35.9 Å². The summed E-state index contributed by atoms with van der Waals surface area (Å²) in [6.45, 7) is 2.87. The molecule has 1 aromatic rings. The quantitative estimate of drug-likeness (QED) is 0.327. The van der Waals surface area contributed by atoms with Crippen molar-refractivity contribution in [3.63, 3.8) is 0 Å². The third-order valence-electron chi connectivity index (χ3n) is 4.95. The molecule has 2 unspecified atom stereocenters. The fourth-order valence-electron chi connectivity index (χ4n) is 3.31. The number of hydrazone groups is 1. The summed E-state index contributed by atoms with van der Waals surface area (Å²) in [6, 6.07) is 10.7. The number of aryl methyl sites for hydroxylation is 1. The van der Waals surface area contributed by atoms with Gasteiger partial charge >= 0.3 is 0 Å². The molecule has 0 radical (unpaired) electrons. The highest BCUT2D eigenvalue weighted by Gasteiger charge is 2.35. The highest BCUT2D eigenvalue weighted by Crippen LogP contribution is 2.35. The van der Waals surface area contributed by atoms with Gasteiger partial charge in [-0.2, -0.15) is 5.10 Å². The molecule has 7 nitrogen and oxygen atoms in total. The minimum atomic E-state index is -1.64. The van der Waals surface area contributed by atoms with Crippen molar-refractivity contribution < 1.29 is 9.60 Å². The van der Waals surface area contributed by atoms with Gasteiger partial charge in [0.15, 0.2) is 17.8 Å². The fraction of sp³-hybridized carbons (Fsp3) is 0.550. The van der Waals surface area contributed by atoms with E-state index in [0.29, 0.717) is 5.92 Å². The van der Waals surface area contributed by atoms with E-state index < -0.39 is 12.0 Å². The number of nitrogens with one attached hydrogen (secondary N) is 2. The van der Waals surface area contributed by atoms with Crippen LogP contribution >= 0.6 is 0 Å². The number of rotatable bonds is 10. The first kappa shape index (κ1) is 20.4. The number of amidine groups is 1. The summed E-state index contributed by atoms with van der Waals surface area (Å²) < 4.78 is 14.3. The van der Waals surface area contributed by atoms with E-state index in [-0.39, 0.29) is 11.9 Å². The molecule has 0 bridgehead atoms. The lowest BCUT2D eigenvalue weighted by atomic mass is 10.0. The van der Waals surface area contributed by atoms with Crippen LogP contribution in [0.3, 0.4) is 0 Å². The topological polar surface area (TPSA) is 84.6 Å². The third-order valence-corrected chi connectivity index (χ3v) is 4.95. The van der Waals surface area contributed by atoms with Crippen LogP contribution in [0.5, 0.6) is 0 Å².